The number of fused-ring (bicyclic) bond motifs is 2. The standard InChI is InChI=1S/C23H20N4O5S2/c1-14-5-7-20-21(26-33-25-20)22(14)34(29,30)27(13-18-4-3-9-32-18)12-16-10-15-11-17(31-2)6-8-19(15)24-23(16)28/h3-11H,12-13H2,1-2H3,(H,24,28). The van der Waals surface area contributed by atoms with Gasteiger partial charge < -0.3 is 14.1 Å². The molecule has 0 atom stereocenters. The number of sulfonamides is 1. The largest absolute Gasteiger partial charge is 0.497 e. The fourth-order valence-electron chi connectivity index (χ4n) is 3.85. The summed E-state index contributed by atoms with van der Waals surface area (Å²) in [4.78, 5) is 15.8. The minimum atomic E-state index is -4.09. The summed E-state index contributed by atoms with van der Waals surface area (Å²) in [7, 11) is -2.53. The molecule has 9 nitrogen and oxygen atoms in total. The molecule has 0 bridgehead atoms. The first kappa shape index (κ1) is 22.3. The molecule has 11 heteroatoms. The molecule has 5 aromatic rings. The maximum Gasteiger partial charge on any atom is 0.252 e. The number of nitrogens with one attached hydrogen (secondary N) is 1. The Labute approximate surface area is 199 Å². The average molecular weight is 497 g/mol. The van der Waals surface area contributed by atoms with Gasteiger partial charge in [-0.2, -0.15) is 13.1 Å². The zero-order chi connectivity index (χ0) is 23.9. The number of benzene rings is 2. The van der Waals surface area contributed by atoms with Crippen molar-refractivity contribution in [2.24, 2.45) is 0 Å². The summed E-state index contributed by atoms with van der Waals surface area (Å²) in [6, 6.07) is 13.8. The summed E-state index contributed by atoms with van der Waals surface area (Å²) in [5.41, 5.74) is 1.90. The van der Waals surface area contributed by atoms with E-state index in [1.807, 2.05) is 0 Å². The van der Waals surface area contributed by atoms with E-state index in [-0.39, 0.29) is 29.1 Å². The molecular weight excluding hydrogens is 476 g/mol. The van der Waals surface area contributed by atoms with Crippen molar-refractivity contribution in [1.82, 2.24) is 18.0 Å². The monoisotopic (exact) mass is 496 g/mol. The minimum Gasteiger partial charge on any atom is -0.497 e. The molecule has 174 valence electrons. The van der Waals surface area contributed by atoms with Crippen molar-refractivity contribution >= 4 is 43.7 Å². The third kappa shape index (κ3) is 3.98. The Bertz CT molecular complexity index is 1660. The van der Waals surface area contributed by atoms with Gasteiger partial charge in [-0.3, -0.25) is 4.79 Å². The molecule has 3 aromatic heterocycles. The molecule has 0 radical (unpaired) electrons. The second-order valence-corrected chi connectivity index (χ2v) is 10.2. The van der Waals surface area contributed by atoms with Gasteiger partial charge in [0, 0.05) is 23.0 Å². The van der Waals surface area contributed by atoms with Gasteiger partial charge in [0.15, 0.2) is 0 Å². The van der Waals surface area contributed by atoms with Crippen LogP contribution >= 0.6 is 11.7 Å². The highest BCUT2D eigenvalue weighted by Gasteiger charge is 2.31. The van der Waals surface area contributed by atoms with Crippen LogP contribution < -0.4 is 10.3 Å². The lowest BCUT2D eigenvalue weighted by atomic mass is 10.1. The molecule has 0 saturated carbocycles. The molecule has 0 amide bonds. The average Bonchev–Trinajstić information content (AvgIpc) is 3.50. The number of hydrogen-bond donors (Lipinski definition) is 1. The number of aryl methyl sites for hydroxylation is 1. The van der Waals surface area contributed by atoms with Crippen molar-refractivity contribution in [3.05, 3.63) is 82.0 Å². The molecule has 3 heterocycles. The van der Waals surface area contributed by atoms with E-state index in [1.54, 1.807) is 62.6 Å². The summed E-state index contributed by atoms with van der Waals surface area (Å²) in [6.45, 7) is 1.49. The zero-order valence-electron chi connectivity index (χ0n) is 18.3. The third-order valence-corrected chi connectivity index (χ3v) is 8.08. The van der Waals surface area contributed by atoms with E-state index in [0.717, 1.165) is 17.1 Å². The van der Waals surface area contributed by atoms with Gasteiger partial charge in [-0.05, 0) is 55.0 Å². The van der Waals surface area contributed by atoms with Crippen LogP contribution in [0.5, 0.6) is 5.75 Å². The van der Waals surface area contributed by atoms with E-state index in [4.69, 9.17) is 9.15 Å². The van der Waals surface area contributed by atoms with E-state index in [1.165, 1.54) is 10.6 Å². The molecule has 0 saturated heterocycles. The van der Waals surface area contributed by atoms with E-state index in [0.29, 0.717) is 33.6 Å². The highest BCUT2D eigenvalue weighted by atomic mass is 32.2. The van der Waals surface area contributed by atoms with Gasteiger partial charge in [-0.1, -0.05) is 6.07 Å². The smallest absolute Gasteiger partial charge is 0.252 e. The van der Waals surface area contributed by atoms with Crippen LogP contribution in [-0.2, 0) is 23.1 Å². The molecule has 0 unspecified atom stereocenters. The van der Waals surface area contributed by atoms with Gasteiger partial charge in [-0.25, -0.2) is 8.42 Å². The second kappa shape index (κ2) is 8.67. The SMILES string of the molecule is COc1ccc2[nH]c(=O)c(CN(Cc3ccco3)S(=O)(=O)c3c(C)ccc4nsnc34)cc2c1. The summed E-state index contributed by atoms with van der Waals surface area (Å²) >= 11 is 0.952. The molecule has 5 rings (SSSR count). The van der Waals surface area contributed by atoms with Crippen molar-refractivity contribution < 1.29 is 17.6 Å². The maximum absolute atomic E-state index is 14.0. The number of aromatic nitrogens is 3. The maximum atomic E-state index is 14.0. The van der Waals surface area contributed by atoms with Crippen molar-refractivity contribution in [2.75, 3.05) is 7.11 Å². The first-order valence-electron chi connectivity index (χ1n) is 10.3. The Morgan fingerprint density at radius 1 is 1.12 bits per heavy atom. The number of hydrogen-bond acceptors (Lipinski definition) is 8. The van der Waals surface area contributed by atoms with Crippen LogP contribution in [0.3, 0.4) is 0 Å². The predicted octanol–water partition coefficient (Wildman–Crippen LogP) is 3.83. The lowest BCUT2D eigenvalue weighted by molar-refractivity contribution is 0.357. The van der Waals surface area contributed by atoms with Crippen LogP contribution in [0.2, 0.25) is 0 Å². The van der Waals surface area contributed by atoms with Gasteiger partial charge in [0.25, 0.3) is 5.56 Å². The molecular formula is C23H20N4O5S2. The lowest BCUT2D eigenvalue weighted by Crippen LogP contribution is -2.33. The molecule has 2 aromatic carbocycles. The number of methoxy groups -OCH3 is 1. The highest BCUT2D eigenvalue weighted by Crippen LogP contribution is 2.30. The number of pyridine rings is 1. The van der Waals surface area contributed by atoms with Gasteiger partial charge in [-0.15, -0.1) is 0 Å². The van der Waals surface area contributed by atoms with Crippen molar-refractivity contribution in [3.63, 3.8) is 0 Å². The number of aromatic amines is 1. The topological polar surface area (TPSA) is 118 Å². The van der Waals surface area contributed by atoms with Gasteiger partial charge >= 0.3 is 0 Å². The molecule has 0 fully saturated rings. The van der Waals surface area contributed by atoms with Crippen LogP contribution in [0, 0.1) is 6.92 Å². The number of nitrogens with zero attached hydrogens (tertiary/aromatic N) is 3. The fourth-order valence-corrected chi connectivity index (χ4v) is 6.18. The van der Waals surface area contributed by atoms with Crippen LogP contribution in [-0.4, -0.2) is 33.6 Å². The van der Waals surface area contributed by atoms with Gasteiger partial charge in [0.1, 0.15) is 27.4 Å². The van der Waals surface area contributed by atoms with Crippen molar-refractivity contribution in [3.8, 4) is 5.75 Å². The van der Waals surface area contributed by atoms with Crippen molar-refractivity contribution in [2.45, 2.75) is 24.9 Å². The van der Waals surface area contributed by atoms with Crippen LogP contribution in [0.4, 0.5) is 0 Å². The molecule has 1 N–H and O–H groups in total. The Balaban J connectivity index is 1.63. The molecule has 0 aliphatic rings. The second-order valence-electron chi connectivity index (χ2n) is 7.77. The molecule has 0 aliphatic carbocycles. The number of ether oxygens (including phenoxy) is 1. The lowest BCUT2D eigenvalue weighted by Gasteiger charge is -2.22. The zero-order valence-corrected chi connectivity index (χ0v) is 19.9. The van der Waals surface area contributed by atoms with Crippen LogP contribution in [0.25, 0.3) is 21.9 Å². The first-order valence-corrected chi connectivity index (χ1v) is 12.5. The quantitative estimate of drug-likeness (QED) is 0.364. The van der Waals surface area contributed by atoms with E-state index >= 15 is 0 Å². The number of furan rings is 1. The summed E-state index contributed by atoms with van der Waals surface area (Å²) < 4.78 is 48.3. The van der Waals surface area contributed by atoms with E-state index in [9.17, 15) is 13.2 Å². The van der Waals surface area contributed by atoms with E-state index < -0.39 is 10.0 Å². The van der Waals surface area contributed by atoms with Crippen LogP contribution in [0.15, 0.2) is 68.9 Å². The summed E-state index contributed by atoms with van der Waals surface area (Å²) in [5, 5.41) is 0.728. The Morgan fingerprint density at radius 2 is 1.97 bits per heavy atom. The van der Waals surface area contributed by atoms with E-state index in [2.05, 4.69) is 13.7 Å². The first-order chi connectivity index (χ1) is 16.4. The Morgan fingerprint density at radius 3 is 2.74 bits per heavy atom. The summed E-state index contributed by atoms with van der Waals surface area (Å²) in [5.74, 6) is 1.08. The fraction of sp³-hybridized carbons (Fsp3) is 0.174. The van der Waals surface area contributed by atoms with Gasteiger partial charge in [0.2, 0.25) is 10.0 Å². The number of H-pyrrole nitrogens is 1. The van der Waals surface area contributed by atoms with Gasteiger partial charge in [0.05, 0.1) is 31.6 Å². The predicted molar refractivity (Wildman–Crippen MR) is 128 cm³/mol. The molecule has 0 aliphatic heterocycles. The summed E-state index contributed by atoms with van der Waals surface area (Å²) in [6.07, 6.45) is 1.48. The van der Waals surface area contributed by atoms with Crippen LogP contribution in [0.1, 0.15) is 16.9 Å². The Kier molecular flexibility index (Phi) is 5.68. The van der Waals surface area contributed by atoms with Crippen molar-refractivity contribution in [1.29, 1.82) is 0 Å². The normalized spacial score (nSPS) is 12.1. The minimum absolute atomic E-state index is 0.0572. The number of rotatable bonds is 7. The molecule has 34 heavy (non-hydrogen) atoms. The highest BCUT2D eigenvalue weighted by molar-refractivity contribution is 7.89. The Hall–Kier alpha value is -3.54. The molecule has 0 spiro atoms. The third-order valence-electron chi connectivity index (χ3n) is 5.56.